The molecule has 1 fully saturated rings. The van der Waals surface area contributed by atoms with Crippen molar-refractivity contribution in [2.45, 2.75) is 58.9 Å². The maximum absolute atomic E-state index is 12.7. The minimum atomic E-state index is -0.989. The van der Waals surface area contributed by atoms with Crippen LogP contribution in [0.1, 0.15) is 34.6 Å². The number of amides is 1. The molecule has 0 bridgehead atoms. The lowest BCUT2D eigenvalue weighted by atomic mass is 9.98. The molecular weight excluding hydrogens is 272 g/mol. The number of morpholine rings is 1. The molecule has 1 heterocycles. The molecule has 0 aromatic carbocycles. The fourth-order valence-electron chi connectivity index (χ4n) is 2.87. The van der Waals surface area contributed by atoms with Crippen molar-refractivity contribution in [2.75, 3.05) is 20.1 Å². The highest BCUT2D eigenvalue weighted by Gasteiger charge is 2.37. The van der Waals surface area contributed by atoms with Crippen LogP contribution in [0.15, 0.2) is 0 Å². The van der Waals surface area contributed by atoms with Gasteiger partial charge < -0.3 is 14.7 Å². The number of carboxylic acids is 1. The molecule has 1 aliphatic rings. The number of hydrogen-bond acceptors (Lipinski definition) is 4. The average Bonchev–Trinajstić information content (AvgIpc) is 2.35. The third kappa shape index (κ3) is 4.41. The van der Waals surface area contributed by atoms with Crippen molar-refractivity contribution in [1.29, 1.82) is 0 Å². The van der Waals surface area contributed by atoms with Crippen LogP contribution >= 0.6 is 0 Å². The summed E-state index contributed by atoms with van der Waals surface area (Å²) in [6.07, 6.45) is 0.148. The number of nitrogens with zero attached hydrogens (tertiary/aromatic N) is 2. The number of carbonyl (C=O) groups is 2. The third-order valence-electron chi connectivity index (χ3n) is 4.01. The van der Waals surface area contributed by atoms with Gasteiger partial charge in [0, 0.05) is 20.1 Å². The summed E-state index contributed by atoms with van der Waals surface area (Å²) in [6, 6.07) is -1.14. The van der Waals surface area contributed by atoms with E-state index in [-0.39, 0.29) is 30.1 Å². The zero-order valence-electron chi connectivity index (χ0n) is 13.9. The molecular formula is C15H28N2O4. The topological polar surface area (TPSA) is 70.1 Å². The molecule has 122 valence electrons. The first-order valence-electron chi connectivity index (χ1n) is 7.54. The fraction of sp³-hybridized carbons (Fsp3) is 0.867. The smallest absolute Gasteiger partial charge is 0.326 e. The molecule has 0 saturated carbocycles. The van der Waals surface area contributed by atoms with Gasteiger partial charge >= 0.3 is 5.97 Å². The van der Waals surface area contributed by atoms with Crippen LogP contribution in [0.3, 0.4) is 0 Å². The van der Waals surface area contributed by atoms with Crippen LogP contribution in [0.4, 0.5) is 0 Å². The molecule has 0 aliphatic carbocycles. The first kappa shape index (κ1) is 17.9. The van der Waals surface area contributed by atoms with Gasteiger partial charge in [-0.1, -0.05) is 13.8 Å². The second-order valence-corrected chi connectivity index (χ2v) is 6.36. The molecule has 1 N–H and O–H groups in total. The zero-order valence-corrected chi connectivity index (χ0v) is 13.9. The number of hydrogen-bond donors (Lipinski definition) is 1. The van der Waals surface area contributed by atoms with E-state index in [2.05, 4.69) is 4.90 Å². The van der Waals surface area contributed by atoms with Crippen LogP contribution in [-0.4, -0.2) is 71.2 Å². The van der Waals surface area contributed by atoms with Crippen LogP contribution in [0, 0.1) is 5.92 Å². The van der Waals surface area contributed by atoms with Crippen molar-refractivity contribution in [1.82, 2.24) is 9.80 Å². The summed E-state index contributed by atoms with van der Waals surface area (Å²) < 4.78 is 5.71. The second kappa shape index (κ2) is 7.22. The van der Waals surface area contributed by atoms with Crippen LogP contribution < -0.4 is 0 Å². The van der Waals surface area contributed by atoms with Gasteiger partial charge in [-0.15, -0.1) is 0 Å². The first-order chi connectivity index (χ1) is 9.65. The molecule has 1 rings (SSSR count). The van der Waals surface area contributed by atoms with Crippen molar-refractivity contribution in [2.24, 2.45) is 5.92 Å². The highest BCUT2D eigenvalue weighted by atomic mass is 16.5. The molecule has 1 amide bonds. The lowest BCUT2D eigenvalue weighted by Crippen LogP contribution is -2.58. The molecule has 1 aliphatic heterocycles. The summed E-state index contributed by atoms with van der Waals surface area (Å²) in [4.78, 5) is 27.3. The van der Waals surface area contributed by atoms with Crippen molar-refractivity contribution >= 4 is 11.9 Å². The molecule has 0 aromatic heterocycles. The second-order valence-electron chi connectivity index (χ2n) is 6.36. The molecule has 6 nitrogen and oxygen atoms in total. The summed E-state index contributed by atoms with van der Waals surface area (Å²) >= 11 is 0. The highest BCUT2D eigenvalue weighted by Crippen LogP contribution is 2.20. The minimum absolute atomic E-state index is 0.0741. The number of ether oxygens (including phenoxy) is 1. The molecule has 0 spiro atoms. The summed E-state index contributed by atoms with van der Waals surface area (Å²) in [5.41, 5.74) is 0. The van der Waals surface area contributed by atoms with Gasteiger partial charge in [-0.3, -0.25) is 9.69 Å². The van der Waals surface area contributed by atoms with Crippen molar-refractivity contribution < 1.29 is 19.4 Å². The largest absolute Gasteiger partial charge is 0.480 e. The van der Waals surface area contributed by atoms with Crippen molar-refractivity contribution in [3.05, 3.63) is 0 Å². The Balaban J connectivity index is 2.90. The zero-order chi connectivity index (χ0) is 16.3. The van der Waals surface area contributed by atoms with E-state index in [0.29, 0.717) is 13.1 Å². The van der Waals surface area contributed by atoms with E-state index in [9.17, 15) is 9.59 Å². The van der Waals surface area contributed by atoms with Crippen LogP contribution in [-0.2, 0) is 14.3 Å². The van der Waals surface area contributed by atoms with Crippen LogP contribution in [0.5, 0.6) is 0 Å². The van der Waals surface area contributed by atoms with Gasteiger partial charge in [0.05, 0.1) is 18.2 Å². The lowest BCUT2D eigenvalue weighted by molar-refractivity contribution is -0.154. The van der Waals surface area contributed by atoms with Crippen molar-refractivity contribution in [3.8, 4) is 0 Å². The normalized spacial score (nSPS) is 26.4. The molecule has 4 atom stereocenters. The van der Waals surface area contributed by atoms with Gasteiger partial charge in [-0.2, -0.15) is 0 Å². The molecule has 1 saturated heterocycles. The van der Waals surface area contributed by atoms with E-state index in [1.165, 1.54) is 11.8 Å². The Labute approximate surface area is 127 Å². The van der Waals surface area contributed by atoms with E-state index < -0.39 is 12.0 Å². The Morgan fingerprint density at radius 2 is 1.67 bits per heavy atom. The molecule has 6 heteroatoms. The summed E-state index contributed by atoms with van der Waals surface area (Å²) in [5.74, 6) is -1.02. The number of carboxylic acid groups (broad SMARTS) is 1. The predicted molar refractivity (Wildman–Crippen MR) is 80.1 cm³/mol. The molecule has 0 radical (unpaired) electrons. The van der Waals surface area contributed by atoms with E-state index in [4.69, 9.17) is 9.84 Å². The molecule has 0 unspecified atom stereocenters. The Hall–Kier alpha value is -1.14. The van der Waals surface area contributed by atoms with E-state index >= 15 is 0 Å². The van der Waals surface area contributed by atoms with Gasteiger partial charge in [-0.05, 0) is 26.7 Å². The third-order valence-corrected chi connectivity index (χ3v) is 4.01. The SMILES string of the molecule is CC(C)[C@@H](C(=O)N(C)[C@@H](C)C(=O)O)N1C[C@@H](C)O[C@H](C)C1. The van der Waals surface area contributed by atoms with Crippen LogP contribution in [0.25, 0.3) is 0 Å². The Morgan fingerprint density at radius 1 is 1.19 bits per heavy atom. The predicted octanol–water partition coefficient (Wildman–Crippen LogP) is 1.05. The monoisotopic (exact) mass is 300 g/mol. The Morgan fingerprint density at radius 3 is 2.05 bits per heavy atom. The van der Waals surface area contributed by atoms with Gasteiger partial charge in [0.2, 0.25) is 5.91 Å². The van der Waals surface area contributed by atoms with E-state index in [0.717, 1.165) is 0 Å². The summed E-state index contributed by atoms with van der Waals surface area (Å²) in [6.45, 7) is 10.9. The maximum atomic E-state index is 12.7. The lowest BCUT2D eigenvalue weighted by Gasteiger charge is -2.42. The van der Waals surface area contributed by atoms with E-state index in [1.807, 2.05) is 27.7 Å². The van der Waals surface area contributed by atoms with Gasteiger partial charge in [0.1, 0.15) is 6.04 Å². The Bertz CT molecular complexity index is 376. The van der Waals surface area contributed by atoms with Gasteiger partial charge in [0.25, 0.3) is 0 Å². The number of carbonyl (C=O) groups excluding carboxylic acids is 1. The van der Waals surface area contributed by atoms with Crippen LogP contribution in [0.2, 0.25) is 0 Å². The fourth-order valence-corrected chi connectivity index (χ4v) is 2.87. The summed E-state index contributed by atoms with van der Waals surface area (Å²) in [7, 11) is 1.56. The van der Waals surface area contributed by atoms with Gasteiger partial charge in [-0.25, -0.2) is 4.79 Å². The first-order valence-corrected chi connectivity index (χ1v) is 7.54. The van der Waals surface area contributed by atoms with Gasteiger partial charge in [0.15, 0.2) is 0 Å². The highest BCUT2D eigenvalue weighted by molar-refractivity contribution is 5.86. The average molecular weight is 300 g/mol. The van der Waals surface area contributed by atoms with Crippen molar-refractivity contribution in [3.63, 3.8) is 0 Å². The molecule has 0 aromatic rings. The minimum Gasteiger partial charge on any atom is -0.480 e. The number of aliphatic carboxylic acids is 1. The number of likely N-dealkylation sites (N-methyl/N-ethyl adjacent to an activating group) is 1. The Kier molecular flexibility index (Phi) is 6.16. The standard InChI is InChI=1S/C15H28N2O4/c1-9(2)13(14(18)16(6)12(5)15(19)20)17-7-10(3)21-11(4)8-17/h9-13H,7-8H2,1-6H3,(H,19,20)/t10-,11-,12+,13+/m1/s1. The number of rotatable bonds is 5. The summed E-state index contributed by atoms with van der Waals surface area (Å²) in [5, 5.41) is 9.09. The van der Waals surface area contributed by atoms with E-state index in [1.54, 1.807) is 7.05 Å². The molecule has 21 heavy (non-hydrogen) atoms. The maximum Gasteiger partial charge on any atom is 0.326 e. The quantitative estimate of drug-likeness (QED) is 0.822.